The van der Waals surface area contributed by atoms with Crippen LogP contribution in [0.3, 0.4) is 0 Å². The van der Waals surface area contributed by atoms with Gasteiger partial charge in [0.15, 0.2) is 0 Å². The van der Waals surface area contributed by atoms with E-state index in [4.69, 9.17) is 5.11 Å². The molecule has 3 nitrogen and oxygen atoms in total. The maximum absolute atomic E-state index is 11.5. The fourth-order valence-corrected chi connectivity index (χ4v) is 2.28. The van der Waals surface area contributed by atoms with Crippen LogP contribution in [0.15, 0.2) is 12.2 Å². The summed E-state index contributed by atoms with van der Waals surface area (Å²) in [6.45, 7) is 1.95. The molecule has 0 aromatic rings. The summed E-state index contributed by atoms with van der Waals surface area (Å²) in [4.78, 5) is 22.2. The molecule has 0 amide bonds. The largest absolute Gasteiger partial charge is 0.481 e. The zero-order valence-corrected chi connectivity index (χ0v) is 9.11. The molecule has 3 heteroatoms. The van der Waals surface area contributed by atoms with E-state index in [9.17, 15) is 9.59 Å². The third kappa shape index (κ3) is 3.50. The van der Waals surface area contributed by atoms with Crippen molar-refractivity contribution in [2.45, 2.75) is 39.0 Å². The van der Waals surface area contributed by atoms with Crippen molar-refractivity contribution in [3.8, 4) is 0 Å². The fourth-order valence-electron chi connectivity index (χ4n) is 2.28. The number of allylic oxidation sites excluding steroid dienone is 2. The Morgan fingerprint density at radius 3 is 2.93 bits per heavy atom. The zero-order valence-electron chi connectivity index (χ0n) is 9.11. The van der Waals surface area contributed by atoms with Gasteiger partial charge in [-0.15, -0.1) is 0 Å². The Morgan fingerprint density at radius 2 is 2.33 bits per heavy atom. The molecule has 84 valence electrons. The Balaban J connectivity index is 2.48. The van der Waals surface area contributed by atoms with E-state index >= 15 is 0 Å². The molecule has 15 heavy (non-hydrogen) atoms. The lowest BCUT2D eigenvalue weighted by Gasteiger charge is -2.15. The van der Waals surface area contributed by atoms with Crippen LogP contribution in [0.5, 0.6) is 0 Å². The first-order valence-electron chi connectivity index (χ1n) is 5.50. The van der Waals surface area contributed by atoms with E-state index in [-0.39, 0.29) is 24.0 Å². The predicted octanol–water partition coefficient (Wildman–Crippen LogP) is 2.41. The summed E-state index contributed by atoms with van der Waals surface area (Å²) < 4.78 is 0. The van der Waals surface area contributed by atoms with Gasteiger partial charge >= 0.3 is 5.97 Å². The number of carbonyl (C=O) groups excluding carboxylic acids is 1. The van der Waals surface area contributed by atoms with Crippen molar-refractivity contribution in [2.24, 2.45) is 11.8 Å². The molecule has 1 saturated carbocycles. The van der Waals surface area contributed by atoms with E-state index in [0.717, 1.165) is 19.3 Å². The lowest BCUT2D eigenvalue weighted by atomic mass is 9.88. The van der Waals surface area contributed by atoms with Gasteiger partial charge in [0.2, 0.25) is 0 Å². The minimum absolute atomic E-state index is 0.0164. The summed E-state index contributed by atoms with van der Waals surface area (Å²) in [5.74, 6) is -0.478. The number of hydrogen-bond acceptors (Lipinski definition) is 2. The van der Waals surface area contributed by atoms with Crippen molar-refractivity contribution in [2.75, 3.05) is 0 Å². The van der Waals surface area contributed by atoms with Crippen LogP contribution in [0.25, 0.3) is 0 Å². The van der Waals surface area contributed by atoms with Gasteiger partial charge in [-0.3, -0.25) is 9.59 Å². The molecule has 2 atom stereocenters. The maximum atomic E-state index is 11.5. The van der Waals surface area contributed by atoms with Gasteiger partial charge in [-0.2, -0.15) is 0 Å². The number of rotatable bonds is 5. The molecule has 0 spiro atoms. The van der Waals surface area contributed by atoms with E-state index < -0.39 is 5.97 Å². The van der Waals surface area contributed by atoms with Gasteiger partial charge in [0.05, 0.1) is 0 Å². The third-order valence-corrected chi connectivity index (χ3v) is 3.06. The molecular formula is C12H18O3. The van der Waals surface area contributed by atoms with E-state index in [1.807, 2.05) is 19.1 Å². The summed E-state index contributed by atoms with van der Waals surface area (Å²) in [6.07, 6.45) is 7.15. The minimum atomic E-state index is -0.786. The van der Waals surface area contributed by atoms with Gasteiger partial charge < -0.3 is 5.11 Å². The maximum Gasteiger partial charge on any atom is 0.303 e. The Hall–Kier alpha value is -1.12. The molecule has 2 unspecified atom stereocenters. The first-order valence-corrected chi connectivity index (χ1v) is 5.50. The van der Waals surface area contributed by atoms with Crippen molar-refractivity contribution in [3.63, 3.8) is 0 Å². The molecule has 0 radical (unpaired) electrons. The summed E-state index contributed by atoms with van der Waals surface area (Å²) in [5.41, 5.74) is 0. The van der Waals surface area contributed by atoms with Crippen LogP contribution in [0.2, 0.25) is 0 Å². The van der Waals surface area contributed by atoms with Crippen LogP contribution in [-0.4, -0.2) is 16.9 Å². The van der Waals surface area contributed by atoms with Gasteiger partial charge in [0, 0.05) is 18.8 Å². The van der Waals surface area contributed by atoms with Gasteiger partial charge in [0.25, 0.3) is 0 Å². The molecule has 1 aliphatic carbocycles. The quantitative estimate of drug-likeness (QED) is 0.709. The highest BCUT2D eigenvalue weighted by molar-refractivity contribution is 5.84. The molecule has 1 rings (SSSR count). The van der Waals surface area contributed by atoms with Crippen LogP contribution in [0.4, 0.5) is 0 Å². The van der Waals surface area contributed by atoms with Crippen LogP contribution in [0.1, 0.15) is 39.0 Å². The molecule has 1 N–H and O–H groups in total. The third-order valence-electron chi connectivity index (χ3n) is 3.06. The number of Topliss-reactive ketones (excluding diaryl/α,β-unsaturated/α-hetero) is 1. The summed E-state index contributed by atoms with van der Waals surface area (Å²) in [6, 6.07) is 0. The minimum Gasteiger partial charge on any atom is -0.481 e. The number of carbonyl (C=O) groups is 2. The molecule has 0 saturated heterocycles. The summed E-state index contributed by atoms with van der Waals surface area (Å²) in [5, 5.41) is 8.72. The number of hydrogen-bond donors (Lipinski definition) is 1. The number of aliphatic carboxylic acids is 1. The van der Waals surface area contributed by atoms with Crippen molar-refractivity contribution >= 4 is 11.8 Å². The molecule has 0 heterocycles. The first kappa shape index (κ1) is 12.0. The van der Waals surface area contributed by atoms with Crippen molar-refractivity contribution in [1.29, 1.82) is 0 Å². The van der Waals surface area contributed by atoms with Crippen molar-refractivity contribution in [3.05, 3.63) is 12.2 Å². The molecule has 1 aliphatic rings. The van der Waals surface area contributed by atoms with E-state index in [2.05, 4.69) is 0 Å². The SMILES string of the molecule is CC=CCCC1C(=O)CCC1CC(=O)O. The molecule has 0 aromatic carbocycles. The molecule has 0 aliphatic heterocycles. The fraction of sp³-hybridized carbons (Fsp3) is 0.667. The van der Waals surface area contributed by atoms with Crippen molar-refractivity contribution < 1.29 is 14.7 Å². The smallest absolute Gasteiger partial charge is 0.303 e. The first-order chi connectivity index (χ1) is 7.15. The number of ketones is 1. The highest BCUT2D eigenvalue weighted by atomic mass is 16.4. The summed E-state index contributed by atoms with van der Waals surface area (Å²) in [7, 11) is 0. The van der Waals surface area contributed by atoms with Crippen LogP contribution in [0, 0.1) is 11.8 Å². The topological polar surface area (TPSA) is 54.4 Å². The zero-order chi connectivity index (χ0) is 11.3. The van der Waals surface area contributed by atoms with Gasteiger partial charge in [-0.25, -0.2) is 0 Å². The second-order valence-electron chi connectivity index (χ2n) is 4.12. The van der Waals surface area contributed by atoms with Crippen molar-refractivity contribution in [1.82, 2.24) is 0 Å². The summed E-state index contributed by atoms with van der Waals surface area (Å²) >= 11 is 0. The number of carboxylic acid groups (broad SMARTS) is 1. The second kappa shape index (κ2) is 5.69. The predicted molar refractivity (Wildman–Crippen MR) is 57.5 cm³/mol. The second-order valence-corrected chi connectivity index (χ2v) is 4.12. The van der Waals surface area contributed by atoms with Crippen LogP contribution < -0.4 is 0 Å². The molecule has 1 fully saturated rings. The Morgan fingerprint density at radius 1 is 1.60 bits per heavy atom. The van der Waals surface area contributed by atoms with E-state index in [1.165, 1.54) is 0 Å². The standard InChI is InChI=1S/C12H18O3/c1-2-3-4-5-10-9(8-12(14)15)6-7-11(10)13/h2-3,9-10H,4-8H2,1H3,(H,14,15). The molecule has 0 bridgehead atoms. The normalized spacial score (nSPS) is 26.3. The van der Waals surface area contributed by atoms with Crippen LogP contribution >= 0.6 is 0 Å². The monoisotopic (exact) mass is 210 g/mol. The van der Waals surface area contributed by atoms with Gasteiger partial charge in [0.1, 0.15) is 5.78 Å². The number of carboxylic acids is 1. The lowest BCUT2D eigenvalue weighted by molar-refractivity contribution is -0.138. The lowest BCUT2D eigenvalue weighted by Crippen LogP contribution is -2.17. The molecular weight excluding hydrogens is 192 g/mol. The van der Waals surface area contributed by atoms with Gasteiger partial charge in [-0.05, 0) is 32.1 Å². The van der Waals surface area contributed by atoms with Crippen LogP contribution in [-0.2, 0) is 9.59 Å². The molecule has 0 aromatic heterocycles. The average molecular weight is 210 g/mol. The van der Waals surface area contributed by atoms with Gasteiger partial charge in [-0.1, -0.05) is 12.2 Å². The average Bonchev–Trinajstić information content (AvgIpc) is 2.49. The highest BCUT2D eigenvalue weighted by Gasteiger charge is 2.34. The van der Waals surface area contributed by atoms with E-state index in [1.54, 1.807) is 0 Å². The Bertz CT molecular complexity index is 268. The highest BCUT2D eigenvalue weighted by Crippen LogP contribution is 2.34. The Kier molecular flexibility index (Phi) is 4.53. The Labute approximate surface area is 90.2 Å². The van der Waals surface area contributed by atoms with E-state index in [0.29, 0.717) is 6.42 Å².